The van der Waals surface area contributed by atoms with Gasteiger partial charge in [-0.25, -0.2) is 8.42 Å². The van der Waals surface area contributed by atoms with E-state index in [1.807, 2.05) is 37.5 Å². The van der Waals surface area contributed by atoms with Gasteiger partial charge < -0.3 is 10.5 Å². The second-order valence-electron chi connectivity index (χ2n) is 7.22. The number of rotatable bonds is 6. The SMILES string of the molecule is Cn1cc([C@@H]2CN(S(=O)(=O)c3ccc(OCC(N)=O)cc3)Cc3ccccc32)cn1. The molecular formula is C21H22N4O4S. The smallest absolute Gasteiger partial charge is 0.255 e. The first kappa shape index (κ1) is 20.1. The normalized spacial score (nSPS) is 16.8. The Kier molecular flexibility index (Phi) is 5.31. The second-order valence-corrected chi connectivity index (χ2v) is 9.16. The number of primary amides is 1. The third kappa shape index (κ3) is 3.94. The Morgan fingerprint density at radius 2 is 1.93 bits per heavy atom. The maximum Gasteiger partial charge on any atom is 0.255 e. The minimum atomic E-state index is -3.73. The highest BCUT2D eigenvalue weighted by Crippen LogP contribution is 2.35. The Bertz CT molecular complexity index is 1170. The van der Waals surface area contributed by atoms with Gasteiger partial charge in [0.25, 0.3) is 5.91 Å². The van der Waals surface area contributed by atoms with Crippen LogP contribution in [0.1, 0.15) is 22.6 Å². The fourth-order valence-corrected chi connectivity index (χ4v) is 5.11. The summed E-state index contributed by atoms with van der Waals surface area (Å²) in [4.78, 5) is 11.0. The Morgan fingerprint density at radius 1 is 1.20 bits per heavy atom. The van der Waals surface area contributed by atoms with Crippen molar-refractivity contribution in [3.05, 3.63) is 77.6 Å². The van der Waals surface area contributed by atoms with Gasteiger partial charge >= 0.3 is 0 Å². The van der Waals surface area contributed by atoms with Gasteiger partial charge in [0, 0.05) is 32.3 Å². The first-order chi connectivity index (χ1) is 14.3. The van der Waals surface area contributed by atoms with Crippen molar-refractivity contribution < 1.29 is 17.9 Å². The highest BCUT2D eigenvalue weighted by atomic mass is 32.2. The molecule has 0 spiro atoms. The number of aromatic nitrogens is 2. The van der Waals surface area contributed by atoms with E-state index in [0.717, 1.165) is 16.7 Å². The quantitative estimate of drug-likeness (QED) is 0.644. The van der Waals surface area contributed by atoms with Crippen LogP contribution >= 0.6 is 0 Å². The van der Waals surface area contributed by atoms with Crippen molar-refractivity contribution in [2.24, 2.45) is 12.8 Å². The molecule has 1 aromatic heterocycles. The van der Waals surface area contributed by atoms with Gasteiger partial charge in [-0.15, -0.1) is 0 Å². The fraction of sp³-hybridized carbons (Fsp3) is 0.238. The van der Waals surface area contributed by atoms with E-state index < -0.39 is 15.9 Å². The average Bonchev–Trinajstić information content (AvgIpc) is 3.17. The summed E-state index contributed by atoms with van der Waals surface area (Å²) in [6.45, 7) is 0.363. The number of ether oxygens (including phenoxy) is 1. The van der Waals surface area contributed by atoms with E-state index in [1.165, 1.54) is 28.6 Å². The molecule has 1 aliphatic heterocycles. The largest absolute Gasteiger partial charge is 0.484 e. The average molecular weight is 426 g/mol. The van der Waals surface area contributed by atoms with E-state index in [4.69, 9.17) is 10.5 Å². The molecule has 1 atom stereocenters. The zero-order chi connectivity index (χ0) is 21.3. The number of fused-ring (bicyclic) bond motifs is 1. The number of sulfonamides is 1. The highest BCUT2D eigenvalue weighted by Gasteiger charge is 2.34. The molecule has 0 aliphatic carbocycles. The summed E-state index contributed by atoms with van der Waals surface area (Å²) in [7, 11) is -1.89. The number of carbonyl (C=O) groups excluding carboxylic acids is 1. The molecule has 0 fully saturated rings. The number of carbonyl (C=O) groups is 1. The molecule has 1 aliphatic rings. The molecule has 156 valence electrons. The van der Waals surface area contributed by atoms with E-state index in [9.17, 15) is 13.2 Å². The topological polar surface area (TPSA) is 108 Å². The van der Waals surface area contributed by atoms with Crippen molar-refractivity contribution in [2.45, 2.75) is 17.4 Å². The second kappa shape index (κ2) is 7.92. The predicted molar refractivity (Wildman–Crippen MR) is 110 cm³/mol. The number of nitrogens with two attached hydrogens (primary N) is 1. The summed E-state index contributed by atoms with van der Waals surface area (Å²) in [6.07, 6.45) is 3.70. The molecular weight excluding hydrogens is 404 g/mol. The monoisotopic (exact) mass is 426 g/mol. The van der Waals surface area contributed by atoms with Crippen LogP contribution in [-0.4, -0.2) is 41.6 Å². The molecule has 0 bridgehead atoms. The maximum atomic E-state index is 13.3. The van der Waals surface area contributed by atoms with Gasteiger partial charge in [0.1, 0.15) is 5.75 Å². The lowest BCUT2D eigenvalue weighted by atomic mass is 9.87. The minimum absolute atomic E-state index is 0.100. The first-order valence-corrected chi connectivity index (χ1v) is 10.9. The molecule has 8 nitrogen and oxygen atoms in total. The first-order valence-electron chi connectivity index (χ1n) is 9.42. The van der Waals surface area contributed by atoms with Crippen LogP contribution in [0.3, 0.4) is 0 Å². The zero-order valence-corrected chi connectivity index (χ0v) is 17.2. The van der Waals surface area contributed by atoms with Crippen LogP contribution in [-0.2, 0) is 28.4 Å². The fourth-order valence-electron chi connectivity index (χ4n) is 3.67. The zero-order valence-electron chi connectivity index (χ0n) is 16.4. The van der Waals surface area contributed by atoms with Gasteiger partial charge in [-0.2, -0.15) is 9.40 Å². The molecule has 2 aromatic carbocycles. The number of hydrogen-bond acceptors (Lipinski definition) is 5. The summed E-state index contributed by atoms with van der Waals surface area (Å²) in [5.41, 5.74) is 8.13. The highest BCUT2D eigenvalue weighted by molar-refractivity contribution is 7.89. The number of amides is 1. The molecule has 3 aromatic rings. The van der Waals surface area contributed by atoms with E-state index in [2.05, 4.69) is 5.10 Å². The van der Waals surface area contributed by atoms with Crippen molar-refractivity contribution >= 4 is 15.9 Å². The molecule has 9 heteroatoms. The van der Waals surface area contributed by atoms with E-state index in [0.29, 0.717) is 18.8 Å². The van der Waals surface area contributed by atoms with Crippen LogP contribution in [0.5, 0.6) is 5.75 Å². The van der Waals surface area contributed by atoms with Crippen LogP contribution in [0.15, 0.2) is 65.8 Å². The van der Waals surface area contributed by atoms with Gasteiger partial charge in [-0.3, -0.25) is 9.48 Å². The Balaban J connectivity index is 1.64. The summed E-state index contributed by atoms with van der Waals surface area (Å²) in [5, 5.41) is 4.25. The van der Waals surface area contributed by atoms with Crippen LogP contribution in [0.4, 0.5) is 0 Å². The van der Waals surface area contributed by atoms with Gasteiger partial charge in [0.05, 0.1) is 11.1 Å². The van der Waals surface area contributed by atoms with Crippen molar-refractivity contribution in [3.63, 3.8) is 0 Å². The number of nitrogens with zero attached hydrogens (tertiary/aromatic N) is 3. The summed E-state index contributed by atoms with van der Waals surface area (Å²) in [6, 6.07) is 13.9. The summed E-state index contributed by atoms with van der Waals surface area (Å²) >= 11 is 0. The van der Waals surface area contributed by atoms with E-state index in [-0.39, 0.29) is 17.4 Å². The minimum Gasteiger partial charge on any atom is -0.484 e. The number of benzene rings is 2. The third-order valence-electron chi connectivity index (χ3n) is 5.13. The standard InChI is InChI=1S/C21H22N4O4S/c1-24-11-16(10-23-24)20-13-25(12-15-4-2-3-5-19(15)20)30(27,28)18-8-6-17(7-9-18)29-14-21(22)26/h2-11,20H,12-14H2,1H3,(H2,22,26)/t20-/m0/s1. The molecule has 0 unspecified atom stereocenters. The van der Waals surface area contributed by atoms with Crippen LogP contribution < -0.4 is 10.5 Å². The van der Waals surface area contributed by atoms with Crippen molar-refractivity contribution in [3.8, 4) is 5.75 Å². The van der Waals surface area contributed by atoms with Crippen LogP contribution in [0.25, 0.3) is 0 Å². The Hall–Kier alpha value is -3.17. The summed E-state index contributed by atoms with van der Waals surface area (Å²) < 4.78 is 35.1. The molecule has 4 rings (SSSR count). The Labute approximate surface area is 174 Å². The third-order valence-corrected chi connectivity index (χ3v) is 6.96. The molecule has 1 amide bonds. The van der Waals surface area contributed by atoms with Crippen LogP contribution in [0.2, 0.25) is 0 Å². The van der Waals surface area contributed by atoms with Crippen molar-refractivity contribution in [2.75, 3.05) is 13.2 Å². The van der Waals surface area contributed by atoms with E-state index in [1.54, 1.807) is 10.9 Å². The van der Waals surface area contributed by atoms with Gasteiger partial charge in [0.15, 0.2) is 6.61 Å². The molecule has 0 radical (unpaired) electrons. The summed E-state index contributed by atoms with van der Waals surface area (Å²) in [5.74, 6) is -0.318. The predicted octanol–water partition coefficient (Wildman–Crippen LogP) is 1.62. The lowest BCUT2D eigenvalue weighted by molar-refractivity contribution is -0.119. The van der Waals surface area contributed by atoms with Crippen molar-refractivity contribution in [1.82, 2.24) is 14.1 Å². The Morgan fingerprint density at radius 3 is 2.60 bits per heavy atom. The molecule has 0 saturated heterocycles. The molecule has 2 heterocycles. The van der Waals surface area contributed by atoms with Gasteiger partial charge in [-0.1, -0.05) is 24.3 Å². The maximum absolute atomic E-state index is 13.3. The van der Waals surface area contributed by atoms with Gasteiger partial charge in [0.2, 0.25) is 10.0 Å². The van der Waals surface area contributed by atoms with Crippen LogP contribution in [0, 0.1) is 0 Å². The molecule has 30 heavy (non-hydrogen) atoms. The molecule has 2 N–H and O–H groups in total. The lowest BCUT2D eigenvalue weighted by Crippen LogP contribution is -2.38. The van der Waals surface area contributed by atoms with Gasteiger partial charge in [-0.05, 0) is 41.0 Å². The molecule has 0 saturated carbocycles. The van der Waals surface area contributed by atoms with E-state index >= 15 is 0 Å². The lowest BCUT2D eigenvalue weighted by Gasteiger charge is -2.33. The number of hydrogen-bond donors (Lipinski definition) is 1. The number of aryl methyl sites for hydroxylation is 1. The van der Waals surface area contributed by atoms with Crippen molar-refractivity contribution in [1.29, 1.82) is 0 Å².